The van der Waals surface area contributed by atoms with Crippen molar-refractivity contribution in [3.05, 3.63) is 41.2 Å². The van der Waals surface area contributed by atoms with E-state index in [-0.39, 0.29) is 22.9 Å². The molecule has 0 aliphatic heterocycles. The third-order valence-electron chi connectivity index (χ3n) is 4.30. The SMILES string of the molecule is CN(C)C(=O)CCc1ccc(N=CC2=C(O)CC(C)(C)CC2=O)cc1. The lowest BCUT2D eigenvalue weighted by molar-refractivity contribution is -0.128. The summed E-state index contributed by atoms with van der Waals surface area (Å²) in [6.45, 7) is 3.93. The van der Waals surface area contributed by atoms with Gasteiger partial charge < -0.3 is 10.0 Å². The normalized spacial score (nSPS) is 17.2. The van der Waals surface area contributed by atoms with Crippen LogP contribution in [-0.4, -0.2) is 42.0 Å². The molecule has 5 nitrogen and oxygen atoms in total. The van der Waals surface area contributed by atoms with Crippen LogP contribution in [0.4, 0.5) is 5.69 Å². The number of hydrogen-bond acceptors (Lipinski definition) is 4. The minimum atomic E-state index is -0.204. The second kappa shape index (κ2) is 7.64. The first-order valence-corrected chi connectivity index (χ1v) is 8.46. The molecule has 0 bridgehead atoms. The standard InChI is InChI=1S/C20H26N2O3/c1-20(2)11-17(23)16(18(24)12-20)13-21-15-8-5-14(6-9-15)7-10-19(25)22(3)4/h5-6,8-9,13,23H,7,10-12H2,1-4H3. The van der Waals surface area contributed by atoms with E-state index >= 15 is 0 Å². The highest BCUT2D eigenvalue weighted by atomic mass is 16.3. The van der Waals surface area contributed by atoms with Gasteiger partial charge in [0.1, 0.15) is 5.76 Å². The van der Waals surface area contributed by atoms with E-state index in [2.05, 4.69) is 4.99 Å². The van der Waals surface area contributed by atoms with Crippen LogP contribution in [0.25, 0.3) is 0 Å². The fourth-order valence-corrected chi connectivity index (χ4v) is 2.81. The van der Waals surface area contributed by atoms with Crippen LogP contribution in [0, 0.1) is 5.41 Å². The van der Waals surface area contributed by atoms with Gasteiger partial charge in [0.2, 0.25) is 5.91 Å². The molecule has 0 unspecified atom stereocenters. The van der Waals surface area contributed by atoms with Crippen LogP contribution >= 0.6 is 0 Å². The molecule has 0 heterocycles. The molecule has 0 aromatic heterocycles. The number of aliphatic hydroxyl groups excluding tert-OH is 1. The lowest BCUT2D eigenvalue weighted by Gasteiger charge is -2.28. The Morgan fingerprint density at radius 1 is 1.24 bits per heavy atom. The maximum atomic E-state index is 12.2. The van der Waals surface area contributed by atoms with E-state index in [1.165, 1.54) is 6.21 Å². The summed E-state index contributed by atoms with van der Waals surface area (Å²) in [6.07, 6.45) is 3.51. The van der Waals surface area contributed by atoms with Crippen molar-refractivity contribution in [2.45, 2.75) is 39.5 Å². The third-order valence-corrected chi connectivity index (χ3v) is 4.30. The minimum Gasteiger partial charge on any atom is -0.511 e. The molecule has 1 aromatic carbocycles. The summed E-state index contributed by atoms with van der Waals surface area (Å²) in [5, 5.41) is 10.1. The van der Waals surface area contributed by atoms with E-state index in [1.807, 2.05) is 38.1 Å². The summed E-state index contributed by atoms with van der Waals surface area (Å²) in [5.74, 6) is 0.142. The Morgan fingerprint density at radius 3 is 2.44 bits per heavy atom. The highest BCUT2D eigenvalue weighted by Crippen LogP contribution is 2.35. The van der Waals surface area contributed by atoms with Crippen molar-refractivity contribution in [1.29, 1.82) is 0 Å². The van der Waals surface area contributed by atoms with Crippen molar-refractivity contribution in [2.75, 3.05) is 14.1 Å². The van der Waals surface area contributed by atoms with Crippen LogP contribution in [0.1, 0.15) is 38.7 Å². The first-order chi connectivity index (χ1) is 11.7. The summed E-state index contributed by atoms with van der Waals surface area (Å²) >= 11 is 0. The van der Waals surface area contributed by atoms with Crippen LogP contribution in [0.2, 0.25) is 0 Å². The van der Waals surface area contributed by atoms with Gasteiger partial charge in [-0.05, 0) is 29.5 Å². The predicted octanol–water partition coefficient (Wildman–Crippen LogP) is 3.61. The van der Waals surface area contributed by atoms with Gasteiger partial charge in [-0.25, -0.2) is 0 Å². The molecule has 1 aromatic rings. The average molecular weight is 342 g/mol. The van der Waals surface area contributed by atoms with Gasteiger partial charge >= 0.3 is 0 Å². The van der Waals surface area contributed by atoms with E-state index < -0.39 is 0 Å². The van der Waals surface area contributed by atoms with Crippen molar-refractivity contribution >= 4 is 23.6 Å². The Morgan fingerprint density at radius 2 is 1.88 bits per heavy atom. The number of benzene rings is 1. The summed E-state index contributed by atoms with van der Waals surface area (Å²) in [5.41, 5.74) is 1.87. The molecule has 2 rings (SSSR count). The number of rotatable bonds is 5. The van der Waals surface area contributed by atoms with Crippen molar-refractivity contribution in [3.63, 3.8) is 0 Å². The van der Waals surface area contributed by atoms with Crippen LogP contribution in [0.3, 0.4) is 0 Å². The molecule has 0 atom stereocenters. The number of amides is 1. The zero-order valence-corrected chi connectivity index (χ0v) is 15.4. The monoisotopic (exact) mass is 342 g/mol. The van der Waals surface area contributed by atoms with Crippen molar-refractivity contribution in [3.8, 4) is 0 Å². The zero-order chi connectivity index (χ0) is 18.6. The Labute approximate surface area is 149 Å². The van der Waals surface area contributed by atoms with Crippen molar-refractivity contribution in [1.82, 2.24) is 4.90 Å². The number of Topliss-reactive ketones (excluding diaryl/α,β-unsaturated/α-hetero) is 1. The van der Waals surface area contributed by atoms with E-state index in [4.69, 9.17) is 0 Å². The number of aliphatic imine (C=N–C) groups is 1. The van der Waals surface area contributed by atoms with Gasteiger partial charge in [-0.3, -0.25) is 14.6 Å². The number of aryl methyl sites for hydroxylation is 1. The Hall–Kier alpha value is -2.43. The number of nitrogens with zero attached hydrogens (tertiary/aromatic N) is 2. The number of ketones is 1. The fourth-order valence-electron chi connectivity index (χ4n) is 2.81. The van der Waals surface area contributed by atoms with Crippen LogP contribution < -0.4 is 0 Å². The molecular weight excluding hydrogens is 316 g/mol. The second-order valence-electron chi connectivity index (χ2n) is 7.51. The Kier molecular flexibility index (Phi) is 5.77. The molecule has 0 saturated carbocycles. The van der Waals surface area contributed by atoms with Crippen LogP contribution in [-0.2, 0) is 16.0 Å². The lowest BCUT2D eigenvalue weighted by atomic mass is 9.77. The van der Waals surface area contributed by atoms with Crippen LogP contribution in [0.15, 0.2) is 40.6 Å². The molecule has 134 valence electrons. The molecular formula is C20H26N2O3. The summed E-state index contributed by atoms with van der Waals surface area (Å²) in [4.78, 5) is 29.7. The molecule has 1 aliphatic rings. The Bertz CT molecular complexity index is 713. The maximum Gasteiger partial charge on any atom is 0.222 e. The fraction of sp³-hybridized carbons (Fsp3) is 0.450. The van der Waals surface area contributed by atoms with Gasteiger partial charge in [0.25, 0.3) is 0 Å². The largest absolute Gasteiger partial charge is 0.511 e. The maximum absolute atomic E-state index is 12.2. The molecule has 0 fully saturated rings. The second-order valence-corrected chi connectivity index (χ2v) is 7.51. The highest BCUT2D eigenvalue weighted by Gasteiger charge is 2.32. The zero-order valence-electron chi connectivity index (χ0n) is 15.4. The molecule has 25 heavy (non-hydrogen) atoms. The lowest BCUT2D eigenvalue weighted by Crippen LogP contribution is -2.26. The third kappa shape index (κ3) is 5.28. The first kappa shape index (κ1) is 18.9. The molecule has 5 heteroatoms. The minimum absolute atomic E-state index is 0.0729. The van der Waals surface area contributed by atoms with Crippen molar-refractivity contribution in [2.24, 2.45) is 10.4 Å². The molecule has 1 amide bonds. The summed E-state index contributed by atoms with van der Waals surface area (Å²) in [7, 11) is 3.50. The number of hydrogen-bond donors (Lipinski definition) is 1. The average Bonchev–Trinajstić information content (AvgIpc) is 2.51. The van der Waals surface area contributed by atoms with Crippen LogP contribution in [0.5, 0.6) is 0 Å². The van der Waals surface area contributed by atoms with Crippen molar-refractivity contribution < 1.29 is 14.7 Å². The molecule has 1 N–H and O–H groups in total. The molecule has 0 radical (unpaired) electrons. The van der Waals surface area contributed by atoms with Gasteiger partial charge in [0.15, 0.2) is 5.78 Å². The van der Waals surface area contributed by atoms with E-state index in [0.29, 0.717) is 36.9 Å². The Balaban J connectivity index is 2.02. The van der Waals surface area contributed by atoms with Gasteiger partial charge in [0.05, 0.1) is 11.3 Å². The predicted molar refractivity (Wildman–Crippen MR) is 99.3 cm³/mol. The topological polar surface area (TPSA) is 70.0 Å². The first-order valence-electron chi connectivity index (χ1n) is 8.46. The van der Waals surface area contributed by atoms with Gasteiger partial charge in [0, 0.05) is 39.6 Å². The molecule has 0 spiro atoms. The van der Waals surface area contributed by atoms with Gasteiger partial charge in [-0.2, -0.15) is 0 Å². The van der Waals surface area contributed by atoms with Gasteiger partial charge in [-0.1, -0.05) is 26.0 Å². The summed E-state index contributed by atoms with van der Waals surface area (Å²) < 4.78 is 0. The van der Waals surface area contributed by atoms with Gasteiger partial charge in [-0.15, -0.1) is 0 Å². The molecule has 0 saturated heterocycles. The molecule has 1 aliphatic carbocycles. The quantitative estimate of drug-likeness (QED) is 0.831. The smallest absolute Gasteiger partial charge is 0.222 e. The van der Waals surface area contributed by atoms with E-state index in [9.17, 15) is 14.7 Å². The number of carbonyl (C=O) groups is 2. The summed E-state index contributed by atoms with van der Waals surface area (Å²) in [6, 6.07) is 7.55. The number of aliphatic hydroxyl groups is 1. The highest BCUT2D eigenvalue weighted by molar-refractivity contribution is 6.14. The number of carbonyl (C=O) groups excluding carboxylic acids is 2. The number of allylic oxidation sites excluding steroid dienone is 2. The van der Waals surface area contributed by atoms with E-state index in [0.717, 1.165) is 5.56 Å². The van der Waals surface area contributed by atoms with E-state index in [1.54, 1.807) is 19.0 Å².